The van der Waals surface area contributed by atoms with Crippen LogP contribution in [0.5, 0.6) is 0 Å². The Morgan fingerprint density at radius 2 is 2.14 bits per heavy atom. The minimum Gasteiger partial charge on any atom is -0.296 e. The molecular weight excluding hydrogens is 170 g/mol. The zero-order valence-corrected chi connectivity index (χ0v) is 9.16. The summed E-state index contributed by atoms with van der Waals surface area (Å²) in [7, 11) is 0. The van der Waals surface area contributed by atoms with E-state index in [1.165, 1.54) is 30.5 Å². The van der Waals surface area contributed by atoms with Gasteiger partial charge in [0.25, 0.3) is 0 Å². The van der Waals surface area contributed by atoms with E-state index < -0.39 is 0 Å². The third kappa shape index (κ3) is 1.98. The summed E-state index contributed by atoms with van der Waals surface area (Å²) >= 11 is 0. The Hall–Kier alpha value is -0.820. The quantitative estimate of drug-likeness (QED) is 0.691. The Labute approximate surface area is 86.7 Å². The van der Waals surface area contributed by atoms with E-state index in [0.29, 0.717) is 0 Å². The van der Waals surface area contributed by atoms with Crippen LogP contribution in [0.4, 0.5) is 0 Å². The van der Waals surface area contributed by atoms with Gasteiger partial charge >= 0.3 is 0 Å². The molecule has 1 saturated heterocycles. The first kappa shape index (κ1) is 9.72. The second-order valence-electron chi connectivity index (χ2n) is 4.39. The van der Waals surface area contributed by atoms with Gasteiger partial charge in [-0.1, -0.05) is 24.3 Å². The smallest absolute Gasteiger partial charge is 0.0239 e. The van der Waals surface area contributed by atoms with Gasteiger partial charge < -0.3 is 0 Å². The lowest BCUT2D eigenvalue weighted by atomic mass is 10.1. The molecule has 1 fully saturated rings. The second kappa shape index (κ2) is 4.14. The standard InChI is InChI=1S/C13H19N/c1-11-6-3-4-8-13(11)10-14-9-5-7-12(14)2/h3-4,6,8,12H,5,7,9-10H2,1-2H3/t12-/m0/s1. The molecule has 0 amide bonds. The van der Waals surface area contributed by atoms with Crippen LogP contribution in [0.25, 0.3) is 0 Å². The summed E-state index contributed by atoms with van der Waals surface area (Å²) in [6.07, 6.45) is 2.74. The van der Waals surface area contributed by atoms with Crippen LogP contribution in [0.3, 0.4) is 0 Å². The van der Waals surface area contributed by atoms with Crippen molar-refractivity contribution in [3.05, 3.63) is 35.4 Å². The van der Waals surface area contributed by atoms with Gasteiger partial charge in [-0.2, -0.15) is 0 Å². The summed E-state index contributed by atoms with van der Waals surface area (Å²) in [5.41, 5.74) is 2.91. The predicted molar refractivity (Wildman–Crippen MR) is 60.3 cm³/mol. The van der Waals surface area contributed by atoms with Gasteiger partial charge in [0.15, 0.2) is 0 Å². The molecule has 1 aliphatic heterocycles. The average molecular weight is 189 g/mol. The molecule has 1 atom stereocenters. The van der Waals surface area contributed by atoms with Gasteiger partial charge in [0.1, 0.15) is 0 Å². The fourth-order valence-corrected chi connectivity index (χ4v) is 2.23. The van der Waals surface area contributed by atoms with Crippen molar-refractivity contribution in [1.82, 2.24) is 4.90 Å². The zero-order valence-electron chi connectivity index (χ0n) is 9.16. The highest BCUT2D eigenvalue weighted by Gasteiger charge is 2.20. The third-order valence-corrected chi connectivity index (χ3v) is 3.33. The van der Waals surface area contributed by atoms with E-state index in [2.05, 4.69) is 43.0 Å². The Bertz CT molecular complexity index is 306. The number of benzene rings is 1. The molecule has 0 bridgehead atoms. The highest BCUT2D eigenvalue weighted by Crippen LogP contribution is 2.20. The van der Waals surface area contributed by atoms with Crippen LogP contribution in [0.2, 0.25) is 0 Å². The van der Waals surface area contributed by atoms with Crippen molar-refractivity contribution in [1.29, 1.82) is 0 Å². The lowest BCUT2D eigenvalue weighted by molar-refractivity contribution is 0.260. The van der Waals surface area contributed by atoms with Gasteiger partial charge in [-0.05, 0) is 44.4 Å². The molecule has 0 N–H and O–H groups in total. The fourth-order valence-electron chi connectivity index (χ4n) is 2.23. The summed E-state index contributed by atoms with van der Waals surface area (Å²) in [6, 6.07) is 9.49. The zero-order chi connectivity index (χ0) is 9.97. The van der Waals surface area contributed by atoms with E-state index >= 15 is 0 Å². The van der Waals surface area contributed by atoms with Crippen LogP contribution in [0.1, 0.15) is 30.9 Å². The van der Waals surface area contributed by atoms with Crippen molar-refractivity contribution < 1.29 is 0 Å². The summed E-state index contributed by atoms with van der Waals surface area (Å²) in [4.78, 5) is 2.59. The largest absolute Gasteiger partial charge is 0.296 e. The van der Waals surface area contributed by atoms with Gasteiger partial charge in [0.2, 0.25) is 0 Å². The SMILES string of the molecule is Cc1ccccc1CN1CCC[C@@H]1C. The average Bonchev–Trinajstić information content (AvgIpc) is 2.56. The number of likely N-dealkylation sites (tertiary alicyclic amines) is 1. The molecule has 14 heavy (non-hydrogen) atoms. The predicted octanol–water partition coefficient (Wildman–Crippen LogP) is 2.98. The van der Waals surface area contributed by atoms with Crippen LogP contribution in [0, 0.1) is 6.92 Å². The normalized spacial score (nSPS) is 22.9. The van der Waals surface area contributed by atoms with E-state index in [-0.39, 0.29) is 0 Å². The Balaban J connectivity index is 2.07. The van der Waals surface area contributed by atoms with Crippen LogP contribution in [0.15, 0.2) is 24.3 Å². The van der Waals surface area contributed by atoms with Crippen LogP contribution in [-0.2, 0) is 6.54 Å². The van der Waals surface area contributed by atoms with Crippen molar-refractivity contribution in [2.24, 2.45) is 0 Å². The summed E-state index contributed by atoms with van der Waals surface area (Å²) in [5, 5.41) is 0. The molecule has 0 aromatic heterocycles. The van der Waals surface area contributed by atoms with Gasteiger partial charge in [0, 0.05) is 12.6 Å². The van der Waals surface area contributed by atoms with Crippen LogP contribution < -0.4 is 0 Å². The molecule has 1 aromatic rings. The van der Waals surface area contributed by atoms with E-state index in [1.807, 2.05) is 0 Å². The van der Waals surface area contributed by atoms with Crippen molar-refractivity contribution in [3.63, 3.8) is 0 Å². The topological polar surface area (TPSA) is 3.24 Å². The molecule has 2 rings (SSSR count). The molecule has 0 saturated carbocycles. The number of rotatable bonds is 2. The number of nitrogens with zero attached hydrogens (tertiary/aromatic N) is 1. The lowest BCUT2D eigenvalue weighted by Gasteiger charge is -2.21. The minimum atomic E-state index is 0.773. The van der Waals surface area contributed by atoms with Crippen molar-refractivity contribution in [2.45, 2.75) is 39.3 Å². The molecule has 1 aliphatic rings. The van der Waals surface area contributed by atoms with E-state index in [0.717, 1.165) is 12.6 Å². The van der Waals surface area contributed by atoms with Crippen LogP contribution in [-0.4, -0.2) is 17.5 Å². The summed E-state index contributed by atoms with van der Waals surface area (Å²) in [5.74, 6) is 0. The molecule has 0 spiro atoms. The maximum absolute atomic E-state index is 2.59. The molecule has 1 nitrogen and oxygen atoms in total. The maximum atomic E-state index is 2.59. The highest BCUT2D eigenvalue weighted by molar-refractivity contribution is 5.25. The Morgan fingerprint density at radius 3 is 2.79 bits per heavy atom. The van der Waals surface area contributed by atoms with E-state index in [4.69, 9.17) is 0 Å². The van der Waals surface area contributed by atoms with Crippen LogP contribution >= 0.6 is 0 Å². The van der Waals surface area contributed by atoms with Gasteiger partial charge in [-0.25, -0.2) is 0 Å². The Morgan fingerprint density at radius 1 is 1.36 bits per heavy atom. The lowest BCUT2D eigenvalue weighted by Crippen LogP contribution is -2.26. The number of hydrogen-bond acceptors (Lipinski definition) is 1. The minimum absolute atomic E-state index is 0.773. The van der Waals surface area contributed by atoms with E-state index in [1.54, 1.807) is 0 Å². The van der Waals surface area contributed by atoms with E-state index in [9.17, 15) is 0 Å². The third-order valence-electron chi connectivity index (χ3n) is 3.33. The molecule has 1 heteroatoms. The molecular formula is C13H19N. The first-order chi connectivity index (χ1) is 6.77. The van der Waals surface area contributed by atoms with Crippen molar-refractivity contribution in [3.8, 4) is 0 Å². The summed E-state index contributed by atoms with van der Waals surface area (Å²) in [6.45, 7) is 6.95. The van der Waals surface area contributed by atoms with Gasteiger partial charge in [0.05, 0.1) is 0 Å². The molecule has 0 unspecified atom stereocenters. The van der Waals surface area contributed by atoms with Gasteiger partial charge in [-0.15, -0.1) is 0 Å². The Kier molecular flexibility index (Phi) is 2.87. The molecule has 1 aromatic carbocycles. The number of aryl methyl sites for hydroxylation is 1. The molecule has 76 valence electrons. The second-order valence-corrected chi connectivity index (χ2v) is 4.39. The monoisotopic (exact) mass is 189 g/mol. The first-order valence-corrected chi connectivity index (χ1v) is 5.56. The van der Waals surface area contributed by atoms with Crippen molar-refractivity contribution in [2.75, 3.05) is 6.54 Å². The summed E-state index contributed by atoms with van der Waals surface area (Å²) < 4.78 is 0. The fraction of sp³-hybridized carbons (Fsp3) is 0.538. The van der Waals surface area contributed by atoms with Crippen molar-refractivity contribution >= 4 is 0 Å². The number of hydrogen-bond donors (Lipinski definition) is 0. The molecule has 0 radical (unpaired) electrons. The highest BCUT2D eigenvalue weighted by atomic mass is 15.2. The first-order valence-electron chi connectivity index (χ1n) is 5.56. The molecule has 0 aliphatic carbocycles. The molecule has 1 heterocycles. The van der Waals surface area contributed by atoms with Gasteiger partial charge in [-0.3, -0.25) is 4.90 Å². The maximum Gasteiger partial charge on any atom is 0.0239 e.